The molecule has 1 aromatic heterocycles. The minimum atomic E-state index is -0.320. The Labute approximate surface area is 165 Å². The number of carbonyl (C=O) groups excluding carboxylic acids is 2. The molecule has 28 heavy (non-hydrogen) atoms. The number of β-amino-alcohol motifs (C(OH)–C–C–N with tert-alkyl or cyclic N) is 1. The number of amides is 2. The van der Waals surface area contributed by atoms with Crippen molar-refractivity contribution in [3.8, 4) is 0 Å². The van der Waals surface area contributed by atoms with Crippen molar-refractivity contribution < 1.29 is 14.7 Å². The Morgan fingerprint density at radius 1 is 1.11 bits per heavy atom. The molecular formula is C19H30N6O3. The van der Waals surface area contributed by atoms with E-state index in [9.17, 15) is 14.7 Å². The van der Waals surface area contributed by atoms with Crippen LogP contribution in [0.3, 0.4) is 0 Å². The number of likely N-dealkylation sites (N-methyl/N-ethyl adjacent to an activating group) is 1. The molecule has 2 saturated heterocycles. The number of aliphatic hydroxyl groups is 1. The quantitative estimate of drug-likeness (QED) is 0.781. The standard InChI is InChI=1S/C19H30N6O3/c1-13(26)23-5-3-14(4-6-23)9-18(28)24-7-8-25-17(12-24)20-21-19(25)16-10-15(27)11-22(16)2/h14-16,27H,3-12H2,1-2H3/t15-,16+/m1/s1. The van der Waals surface area contributed by atoms with Gasteiger partial charge in [-0.1, -0.05) is 0 Å². The number of piperidine rings is 1. The van der Waals surface area contributed by atoms with E-state index in [2.05, 4.69) is 19.7 Å². The third kappa shape index (κ3) is 3.77. The van der Waals surface area contributed by atoms with Crippen molar-refractivity contribution in [1.82, 2.24) is 29.5 Å². The molecule has 154 valence electrons. The van der Waals surface area contributed by atoms with E-state index in [4.69, 9.17) is 0 Å². The van der Waals surface area contributed by atoms with Crippen LogP contribution in [0.4, 0.5) is 0 Å². The molecule has 0 radical (unpaired) electrons. The Balaban J connectivity index is 1.34. The van der Waals surface area contributed by atoms with Gasteiger partial charge >= 0.3 is 0 Å². The second-order valence-corrected chi connectivity index (χ2v) is 8.44. The maximum absolute atomic E-state index is 12.8. The summed E-state index contributed by atoms with van der Waals surface area (Å²) in [6, 6.07) is 0.0879. The first-order valence-electron chi connectivity index (χ1n) is 10.3. The third-order valence-electron chi connectivity index (χ3n) is 6.48. The largest absolute Gasteiger partial charge is 0.392 e. The van der Waals surface area contributed by atoms with Crippen molar-refractivity contribution in [2.45, 2.75) is 57.8 Å². The third-order valence-corrected chi connectivity index (χ3v) is 6.48. The van der Waals surface area contributed by atoms with E-state index in [1.165, 1.54) is 0 Å². The molecule has 0 aliphatic carbocycles. The van der Waals surface area contributed by atoms with Gasteiger partial charge in [0.2, 0.25) is 11.8 Å². The molecule has 2 amide bonds. The van der Waals surface area contributed by atoms with Gasteiger partial charge in [0.05, 0.1) is 18.7 Å². The number of aromatic nitrogens is 3. The van der Waals surface area contributed by atoms with Crippen LogP contribution in [-0.4, -0.2) is 85.7 Å². The Morgan fingerprint density at radius 2 is 1.86 bits per heavy atom. The average molecular weight is 390 g/mol. The van der Waals surface area contributed by atoms with E-state index in [1.807, 2.05) is 16.8 Å². The summed E-state index contributed by atoms with van der Waals surface area (Å²) in [6.45, 7) is 5.64. The lowest BCUT2D eigenvalue weighted by Gasteiger charge is -2.33. The summed E-state index contributed by atoms with van der Waals surface area (Å²) >= 11 is 0. The summed E-state index contributed by atoms with van der Waals surface area (Å²) < 4.78 is 2.12. The van der Waals surface area contributed by atoms with E-state index in [0.717, 1.165) is 37.6 Å². The van der Waals surface area contributed by atoms with Crippen molar-refractivity contribution in [3.05, 3.63) is 11.6 Å². The van der Waals surface area contributed by atoms with Crippen molar-refractivity contribution in [2.24, 2.45) is 5.92 Å². The van der Waals surface area contributed by atoms with Gasteiger partial charge in [-0.15, -0.1) is 10.2 Å². The number of carbonyl (C=O) groups is 2. The van der Waals surface area contributed by atoms with Gasteiger partial charge in [0, 0.05) is 46.1 Å². The average Bonchev–Trinajstić information content (AvgIpc) is 3.23. The highest BCUT2D eigenvalue weighted by atomic mass is 16.3. The summed E-state index contributed by atoms with van der Waals surface area (Å²) in [4.78, 5) is 30.1. The van der Waals surface area contributed by atoms with Crippen LogP contribution in [0.5, 0.6) is 0 Å². The van der Waals surface area contributed by atoms with E-state index in [-0.39, 0.29) is 24.0 Å². The van der Waals surface area contributed by atoms with Gasteiger partial charge in [0.15, 0.2) is 11.6 Å². The van der Waals surface area contributed by atoms with Gasteiger partial charge < -0.3 is 19.5 Å². The summed E-state index contributed by atoms with van der Waals surface area (Å²) in [6.07, 6.45) is 2.70. The molecule has 0 spiro atoms. The fraction of sp³-hybridized carbons (Fsp3) is 0.789. The van der Waals surface area contributed by atoms with E-state index >= 15 is 0 Å². The van der Waals surface area contributed by atoms with Crippen LogP contribution < -0.4 is 0 Å². The zero-order chi connectivity index (χ0) is 19.8. The fourth-order valence-corrected chi connectivity index (χ4v) is 4.74. The van der Waals surface area contributed by atoms with Crippen LogP contribution in [0, 0.1) is 5.92 Å². The minimum absolute atomic E-state index is 0.0879. The van der Waals surface area contributed by atoms with Gasteiger partial charge in [-0.25, -0.2) is 0 Å². The van der Waals surface area contributed by atoms with Crippen molar-refractivity contribution >= 4 is 11.8 Å². The monoisotopic (exact) mass is 390 g/mol. The summed E-state index contributed by atoms with van der Waals surface area (Å²) in [5.41, 5.74) is 0. The fourth-order valence-electron chi connectivity index (χ4n) is 4.74. The number of aliphatic hydroxyl groups excluding tert-OH is 1. The molecule has 0 aromatic carbocycles. The van der Waals surface area contributed by atoms with Gasteiger partial charge in [0.1, 0.15) is 0 Å². The topological polar surface area (TPSA) is 94.8 Å². The highest BCUT2D eigenvalue weighted by molar-refractivity contribution is 5.76. The predicted molar refractivity (Wildman–Crippen MR) is 101 cm³/mol. The van der Waals surface area contributed by atoms with Crippen LogP contribution in [0.15, 0.2) is 0 Å². The van der Waals surface area contributed by atoms with Crippen LogP contribution in [-0.2, 0) is 22.7 Å². The normalized spacial score (nSPS) is 26.5. The number of nitrogens with zero attached hydrogens (tertiary/aromatic N) is 6. The SMILES string of the molecule is CC(=O)N1CCC(CC(=O)N2CCn3c(nnc3[C@@H]3C[C@@H](O)CN3C)C2)CC1. The molecule has 9 heteroatoms. The molecule has 9 nitrogen and oxygen atoms in total. The molecular weight excluding hydrogens is 360 g/mol. The van der Waals surface area contributed by atoms with E-state index < -0.39 is 0 Å². The Morgan fingerprint density at radius 3 is 2.50 bits per heavy atom. The number of likely N-dealkylation sites (tertiary alicyclic amines) is 2. The zero-order valence-electron chi connectivity index (χ0n) is 16.8. The lowest BCUT2D eigenvalue weighted by Crippen LogP contribution is -2.42. The first-order chi connectivity index (χ1) is 13.4. The van der Waals surface area contributed by atoms with Crippen molar-refractivity contribution in [2.75, 3.05) is 33.2 Å². The predicted octanol–water partition coefficient (Wildman–Crippen LogP) is 0.00640. The molecule has 4 rings (SSSR count). The number of hydrogen-bond acceptors (Lipinski definition) is 6. The maximum atomic E-state index is 12.8. The second-order valence-electron chi connectivity index (χ2n) is 8.44. The van der Waals surface area contributed by atoms with Gasteiger partial charge in [-0.3, -0.25) is 14.5 Å². The van der Waals surface area contributed by atoms with E-state index in [1.54, 1.807) is 6.92 Å². The zero-order valence-corrected chi connectivity index (χ0v) is 16.8. The van der Waals surface area contributed by atoms with Gasteiger partial charge in [-0.05, 0) is 32.2 Å². The summed E-state index contributed by atoms with van der Waals surface area (Å²) in [7, 11) is 2.00. The number of rotatable bonds is 3. The van der Waals surface area contributed by atoms with Crippen molar-refractivity contribution in [1.29, 1.82) is 0 Å². The molecule has 2 atom stereocenters. The Kier molecular flexibility index (Phi) is 5.37. The lowest BCUT2D eigenvalue weighted by atomic mass is 9.93. The maximum Gasteiger partial charge on any atom is 0.223 e. The van der Waals surface area contributed by atoms with Crippen LogP contribution in [0.1, 0.15) is 50.3 Å². The smallest absolute Gasteiger partial charge is 0.223 e. The van der Waals surface area contributed by atoms with E-state index in [0.29, 0.717) is 44.9 Å². The van der Waals surface area contributed by atoms with Crippen LogP contribution >= 0.6 is 0 Å². The highest BCUT2D eigenvalue weighted by Gasteiger charge is 2.35. The Hall–Kier alpha value is -2.00. The van der Waals surface area contributed by atoms with Crippen molar-refractivity contribution in [3.63, 3.8) is 0 Å². The van der Waals surface area contributed by atoms with Gasteiger partial charge in [-0.2, -0.15) is 0 Å². The second kappa shape index (κ2) is 7.79. The molecule has 0 saturated carbocycles. The van der Waals surface area contributed by atoms with Gasteiger partial charge in [0.25, 0.3) is 0 Å². The molecule has 3 aliphatic rings. The first kappa shape index (κ1) is 19.3. The molecule has 1 aromatic rings. The molecule has 3 aliphatic heterocycles. The Bertz CT molecular complexity index is 742. The molecule has 4 heterocycles. The number of fused-ring (bicyclic) bond motifs is 1. The summed E-state index contributed by atoms with van der Waals surface area (Å²) in [5.74, 6) is 2.38. The molecule has 0 unspecified atom stereocenters. The lowest BCUT2D eigenvalue weighted by molar-refractivity contribution is -0.134. The molecule has 2 fully saturated rings. The summed E-state index contributed by atoms with van der Waals surface area (Å²) in [5, 5.41) is 18.6. The minimum Gasteiger partial charge on any atom is -0.392 e. The molecule has 1 N–H and O–H groups in total. The number of hydrogen-bond donors (Lipinski definition) is 1. The van der Waals surface area contributed by atoms with Crippen LogP contribution in [0.25, 0.3) is 0 Å². The first-order valence-corrected chi connectivity index (χ1v) is 10.3. The highest BCUT2D eigenvalue weighted by Crippen LogP contribution is 2.31. The van der Waals surface area contributed by atoms with Crippen LogP contribution in [0.2, 0.25) is 0 Å². The molecule has 0 bridgehead atoms.